The molecule has 0 aromatic heterocycles. The highest BCUT2D eigenvalue weighted by Crippen LogP contribution is 2.22. The van der Waals surface area contributed by atoms with Crippen molar-refractivity contribution in [1.82, 2.24) is 0 Å². The Balaban J connectivity index is 3.13. The zero-order valence-corrected chi connectivity index (χ0v) is 13.8. The smallest absolute Gasteiger partial charge is 0.378 e. The van der Waals surface area contributed by atoms with Gasteiger partial charge in [0, 0.05) is 17.7 Å². The molecule has 0 unspecified atom stereocenters. The third kappa shape index (κ3) is 17.8. The molecule has 0 aliphatic carbocycles. The van der Waals surface area contributed by atoms with Crippen LogP contribution in [0.2, 0.25) is 0 Å². The molecule has 0 radical (unpaired) electrons. The van der Waals surface area contributed by atoms with Gasteiger partial charge >= 0.3 is 8.25 Å². The summed E-state index contributed by atoms with van der Waals surface area (Å²) in [4.78, 5) is 0. The van der Waals surface area contributed by atoms with E-state index in [1.54, 1.807) is 0 Å². The van der Waals surface area contributed by atoms with Gasteiger partial charge in [0.15, 0.2) is 0 Å². The molecule has 0 amide bonds. The van der Waals surface area contributed by atoms with Gasteiger partial charge in [0.25, 0.3) is 0 Å². The molecule has 10 heteroatoms. The number of ether oxygens (including phenoxy) is 4. The predicted octanol–water partition coefficient (Wildman–Crippen LogP) is -0.339. The summed E-state index contributed by atoms with van der Waals surface area (Å²) in [5, 5.41) is 0. The highest BCUT2D eigenvalue weighted by atomic mass is 31.1. The summed E-state index contributed by atoms with van der Waals surface area (Å²) in [5.41, 5.74) is 10.5. The molecule has 0 atom stereocenters. The summed E-state index contributed by atoms with van der Waals surface area (Å²) < 4.78 is 41.8. The molecule has 0 saturated heterocycles. The van der Waals surface area contributed by atoms with Crippen molar-refractivity contribution in [3.63, 3.8) is 0 Å². The zero-order valence-electron chi connectivity index (χ0n) is 12.9. The highest BCUT2D eigenvalue weighted by Gasteiger charge is 2.19. The maximum atomic E-state index is 11.3. The normalized spacial score (nSPS) is 11.0. The van der Waals surface area contributed by atoms with Crippen LogP contribution in [0.3, 0.4) is 0 Å². The minimum Gasteiger partial charge on any atom is -0.378 e. The van der Waals surface area contributed by atoms with E-state index in [0.717, 1.165) is 0 Å². The van der Waals surface area contributed by atoms with Gasteiger partial charge in [-0.25, -0.2) is 0 Å². The third-order valence-electron chi connectivity index (χ3n) is 2.12. The molecular formula is C12H28N2O7P+. The number of nitrogens with two attached hydrogens (primary N) is 2. The van der Waals surface area contributed by atoms with Crippen LogP contribution in [0.25, 0.3) is 0 Å². The van der Waals surface area contributed by atoms with Gasteiger partial charge in [0.05, 0.1) is 52.9 Å². The first-order valence-corrected chi connectivity index (χ1v) is 8.35. The molecule has 0 heterocycles. The first-order valence-electron chi connectivity index (χ1n) is 7.25. The summed E-state index contributed by atoms with van der Waals surface area (Å²) in [7, 11) is -2.15. The van der Waals surface area contributed by atoms with Gasteiger partial charge in [0.2, 0.25) is 0 Å². The molecule has 0 aromatic rings. The lowest BCUT2D eigenvalue weighted by molar-refractivity contribution is 0.0307. The predicted molar refractivity (Wildman–Crippen MR) is 80.9 cm³/mol. The van der Waals surface area contributed by atoms with Gasteiger partial charge in [-0.2, -0.15) is 0 Å². The van der Waals surface area contributed by atoms with Crippen molar-refractivity contribution in [1.29, 1.82) is 0 Å². The van der Waals surface area contributed by atoms with Crippen molar-refractivity contribution in [3.8, 4) is 0 Å². The van der Waals surface area contributed by atoms with Crippen molar-refractivity contribution >= 4 is 8.25 Å². The SMILES string of the molecule is NCCOCCOCCO[P+](=O)OCCOCCOCCN. The summed E-state index contributed by atoms with van der Waals surface area (Å²) in [6.07, 6.45) is 0. The molecule has 0 aliphatic heterocycles. The van der Waals surface area contributed by atoms with Gasteiger partial charge < -0.3 is 30.4 Å². The lowest BCUT2D eigenvalue weighted by Crippen LogP contribution is -2.13. The molecule has 0 rings (SSSR count). The van der Waals surface area contributed by atoms with Crippen LogP contribution >= 0.6 is 8.25 Å². The van der Waals surface area contributed by atoms with E-state index < -0.39 is 8.25 Å². The summed E-state index contributed by atoms with van der Waals surface area (Å²) in [5.74, 6) is 0. The lowest BCUT2D eigenvalue weighted by atomic mass is 10.7. The van der Waals surface area contributed by atoms with Crippen molar-refractivity contribution in [2.24, 2.45) is 11.5 Å². The molecule has 0 aliphatic rings. The van der Waals surface area contributed by atoms with E-state index in [0.29, 0.717) is 65.9 Å². The Kier molecular flexibility index (Phi) is 18.6. The molecule has 132 valence electrons. The van der Waals surface area contributed by atoms with E-state index in [9.17, 15) is 4.57 Å². The molecule has 9 nitrogen and oxygen atoms in total. The Bertz CT molecular complexity index is 228. The average Bonchev–Trinajstić information content (AvgIpc) is 2.52. The molecule has 4 N–H and O–H groups in total. The van der Waals surface area contributed by atoms with Gasteiger partial charge in [0.1, 0.15) is 13.2 Å². The minimum atomic E-state index is -2.15. The number of rotatable bonds is 18. The zero-order chi connectivity index (χ0) is 16.3. The van der Waals surface area contributed by atoms with Crippen molar-refractivity contribution in [3.05, 3.63) is 0 Å². The fraction of sp³-hybridized carbons (Fsp3) is 1.00. The van der Waals surface area contributed by atoms with Gasteiger partial charge in [-0.05, 0) is 0 Å². The molecule has 0 saturated carbocycles. The summed E-state index contributed by atoms with van der Waals surface area (Å²) in [6.45, 7) is 4.90. The molecule has 0 spiro atoms. The summed E-state index contributed by atoms with van der Waals surface area (Å²) >= 11 is 0. The number of hydrogen-bond donors (Lipinski definition) is 2. The van der Waals surface area contributed by atoms with Gasteiger partial charge in [-0.3, -0.25) is 0 Å². The first kappa shape index (κ1) is 21.8. The Morgan fingerprint density at radius 3 is 1.23 bits per heavy atom. The quantitative estimate of drug-likeness (QED) is 0.254. The largest absolute Gasteiger partial charge is 0.697 e. The second-order valence-electron chi connectivity index (χ2n) is 3.92. The first-order chi connectivity index (χ1) is 10.8. The van der Waals surface area contributed by atoms with E-state index in [1.165, 1.54) is 0 Å². The average molecular weight is 343 g/mol. The maximum absolute atomic E-state index is 11.3. The van der Waals surface area contributed by atoms with Crippen LogP contribution in [-0.2, 0) is 32.6 Å². The maximum Gasteiger partial charge on any atom is 0.697 e. The Morgan fingerprint density at radius 1 is 0.545 bits per heavy atom. The second kappa shape index (κ2) is 18.8. The second-order valence-corrected chi connectivity index (χ2v) is 4.88. The molecule has 0 fully saturated rings. The molecule has 22 heavy (non-hydrogen) atoms. The van der Waals surface area contributed by atoms with Crippen LogP contribution in [0.1, 0.15) is 0 Å². The Hall–Kier alpha value is -0.220. The minimum absolute atomic E-state index is 0.194. The molecular weight excluding hydrogens is 315 g/mol. The topological polar surface area (TPSA) is 124 Å². The van der Waals surface area contributed by atoms with Crippen molar-refractivity contribution in [2.75, 3.05) is 79.2 Å². The van der Waals surface area contributed by atoms with E-state index in [1.807, 2.05) is 0 Å². The van der Waals surface area contributed by atoms with Crippen LogP contribution in [0.15, 0.2) is 0 Å². The standard InChI is InChI=1S/C12H28N2O7P/c13-1-3-16-5-7-18-9-11-20-22(15)21-12-10-19-8-6-17-4-2-14/h1-14H2/q+1. The number of hydrogen-bond acceptors (Lipinski definition) is 9. The monoisotopic (exact) mass is 343 g/mol. The Labute approximate surface area is 132 Å². The van der Waals surface area contributed by atoms with E-state index in [-0.39, 0.29) is 13.2 Å². The third-order valence-corrected chi connectivity index (χ3v) is 2.90. The van der Waals surface area contributed by atoms with Gasteiger partial charge in [-0.1, -0.05) is 0 Å². The fourth-order valence-electron chi connectivity index (χ4n) is 1.19. The molecule has 0 aromatic carbocycles. The summed E-state index contributed by atoms with van der Waals surface area (Å²) in [6, 6.07) is 0. The van der Waals surface area contributed by atoms with E-state index >= 15 is 0 Å². The highest BCUT2D eigenvalue weighted by molar-refractivity contribution is 7.33. The van der Waals surface area contributed by atoms with E-state index in [4.69, 9.17) is 39.5 Å². The van der Waals surface area contributed by atoms with Crippen LogP contribution in [-0.4, -0.2) is 79.2 Å². The van der Waals surface area contributed by atoms with Gasteiger partial charge in [-0.15, -0.1) is 9.05 Å². The van der Waals surface area contributed by atoms with Crippen molar-refractivity contribution in [2.45, 2.75) is 0 Å². The lowest BCUT2D eigenvalue weighted by Gasteiger charge is -2.03. The molecule has 0 bridgehead atoms. The van der Waals surface area contributed by atoms with E-state index in [2.05, 4.69) is 0 Å². The van der Waals surface area contributed by atoms with Crippen LogP contribution in [0, 0.1) is 0 Å². The van der Waals surface area contributed by atoms with Crippen molar-refractivity contribution < 1.29 is 32.6 Å². The van der Waals surface area contributed by atoms with Crippen LogP contribution in [0.4, 0.5) is 0 Å². The van der Waals surface area contributed by atoms with Crippen LogP contribution in [0.5, 0.6) is 0 Å². The fourth-order valence-corrected chi connectivity index (χ4v) is 1.71. The Morgan fingerprint density at radius 2 is 0.864 bits per heavy atom. The van der Waals surface area contributed by atoms with Crippen LogP contribution < -0.4 is 11.5 Å².